The van der Waals surface area contributed by atoms with E-state index in [1.165, 1.54) is 12.1 Å². The zero-order valence-electron chi connectivity index (χ0n) is 14.4. The molecule has 0 aliphatic rings. The summed E-state index contributed by atoms with van der Waals surface area (Å²) in [5.74, 6) is -0.203. The van der Waals surface area contributed by atoms with Crippen LogP contribution in [0.25, 0.3) is 16.9 Å². The van der Waals surface area contributed by atoms with Gasteiger partial charge in [-0.05, 0) is 60.4 Å². The standard InChI is InChI=1S/C20H20FNO3S/c1-14-17(10-11-23)12-20(22(14)19-8-6-18(21)7-9-19)16-4-2-15(3-5-16)13-26(24)25/h2-9,12,23H,10-11,13H2,1H3,(H,24,25). The van der Waals surface area contributed by atoms with E-state index in [4.69, 9.17) is 4.55 Å². The highest BCUT2D eigenvalue weighted by Gasteiger charge is 2.15. The van der Waals surface area contributed by atoms with Crippen molar-refractivity contribution < 1.29 is 18.3 Å². The second-order valence-corrected chi connectivity index (χ2v) is 7.02. The van der Waals surface area contributed by atoms with E-state index in [9.17, 15) is 13.7 Å². The molecule has 4 nitrogen and oxygen atoms in total. The van der Waals surface area contributed by atoms with E-state index < -0.39 is 11.1 Å². The Balaban J connectivity index is 2.09. The lowest BCUT2D eigenvalue weighted by Gasteiger charge is -2.13. The summed E-state index contributed by atoms with van der Waals surface area (Å²) in [6.45, 7) is 2.02. The SMILES string of the molecule is Cc1c(CCO)cc(-c2ccc(CS(=O)O)cc2)n1-c1ccc(F)cc1. The van der Waals surface area contributed by atoms with E-state index in [1.54, 1.807) is 12.1 Å². The first kappa shape index (κ1) is 18.5. The Morgan fingerprint density at radius 1 is 1.08 bits per heavy atom. The van der Waals surface area contributed by atoms with Crippen molar-refractivity contribution in [3.63, 3.8) is 0 Å². The zero-order valence-corrected chi connectivity index (χ0v) is 15.2. The molecule has 0 bridgehead atoms. The van der Waals surface area contributed by atoms with Crippen LogP contribution in [0.15, 0.2) is 54.6 Å². The molecule has 26 heavy (non-hydrogen) atoms. The minimum absolute atomic E-state index is 0.0506. The normalized spacial score (nSPS) is 12.3. The molecule has 1 unspecified atom stereocenters. The second-order valence-electron chi connectivity index (χ2n) is 6.09. The highest BCUT2D eigenvalue weighted by molar-refractivity contribution is 7.78. The Kier molecular flexibility index (Phi) is 5.66. The highest BCUT2D eigenvalue weighted by Crippen LogP contribution is 2.30. The van der Waals surface area contributed by atoms with E-state index in [-0.39, 0.29) is 18.2 Å². The molecule has 136 valence electrons. The van der Waals surface area contributed by atoms with Crippen LogP contribution in [-0.4, -0.2) is 25.0 Å². The van der Waals surface area contributed by atoms with Crippen LogP contribution in [0.2, 0.25) is 0 Å². The predicted molar refractivity (Wildman–Crippen MR) is 101 cm³/mol. The largest absolute Gasteiger partial charge is 0.396 e. The van der Waals surface area contributed by atoms with Crippen molar-refractivity contribution in [3.8, 4) is 16.9 Å². The number of hydrogen-bond donors (Lipinski definition) is 2. The van der Waals surface area contributed by atoms with E-state index in [2.05, 4.69) is 0 Å². The van der Waals surface area contributed by atoms with Gasteiger partial charge < -0.3 is 14.2 Å². The summed E-state index contributed by atoms with van der Waals surface area (Å²) in [5.41, 5.74) is 5.49. The molecule has 6 heteroatoms. The van der Waals surface area contributed by atoms with Crippen molar-refractivity contribution in [3.05, 3.63) is 77.2 Å². The summed E-state index contributed by atoms with van der Waals surface area (Å²) in [6.07, 6.45) is 0.536. The van der Waals surface area contributed by atoms with Gasteiger partial charge in [-0.1, -0.05) is 24.3 Å². The summed E-state index contributed by atoms with van der Waals surface area (Å²) >= 11 is -1.87. The number of aromatic nitrogens is 1. The molecule has 0 amide bonds. The third-order valence-electron chi connectivity index (χ3n) is 4.36. The Labute approximate surface area is 154 Å². The summed E-state index contributed by atoms with van der Waals surface area (Å²) in [7, 11) is 0. The van der Waals surface area contributed by atoms with Gasteiger partial charge >= 0.3 is 0 Å². The number of aliphatic hydroxyl groups is 1. The van der Waals surface area contributed by atoms with Gasteiger partial charge in [0.25, 0.3) is 0 Å². The number of benzene rings is 2. The molecule has 0 radical (unpaired) electrons. The zero-order chi connectivity index (χ0) is 18.7. The van der Waals surface area contributed by atoms with Crippen molar-refractivity contribution in [1.82, 2.24) is 4.57 Å². The molecule has 0 fully saturated rings. The molecule has 0 spiro atoms. The molecular weight excluding hydrogens is 353 g/mol. The number of rotatable bonds is 6. The van der Waals surface area contributed by atoms with Crippen molar-refractivity contribution in [2.45, 2.75) is 19.1 Å². The molecule has 3 rings (SSSR count). The van der Waals surface area contributed by atoms with Crippen molar-refractivity contribution in [1.29, 1.82) is 0 Å². The lowest BCUT2D eigenvalue weighted by Crippen LogP contribution is -2.01. The van der Waals surface area contributed by atoms with Gasteiger partial charge in [0, 0.05) is 18.0 Å². The first-order valence-corrected chi connectivity index (χ1v) is 9.52. The van der Waals surface area contributed by atoms with Gasteiger partial charge in [-0.3, -0.25) is 0 Å². The molecule has 0 saturated heterocycles. The Morgan fingerprint density at radius 3 is 2.31 bits per heavy atom. The first-order valence-electron chi connectivity index (χ1n) is 8.24. The van der Waals surface area contributed by atoms with E-state index in [0.717, 1.165) is 33.8 Å². The first-order chi connectivity index (χ1) is 12.5. The fraction of sp³-hybridized carbons (Fsp3) is 0.200. The van der Waals surface area contributed by atoms with Gasteiger partial charge in [0.15, 0.2) is 11.1 Å². The molecule has 3 aromatic rings. The van der Waals surface area contributed by atoms with Gasteiger partial charge in [0.2, 0.25) is 0 Å². The fourth-order valence-corrected chi connectivity index (χ4v) is 3.56. The molecular formula is C20H20FNO3S. The number of aliphatic hydroxyl groups excluding tert-OH is 1. The number of hydrogen-bond acceptors (Lipinski definition) is 2. The maximum Gasteiger partial charge on any atom is 0.157 e. The number of halogens is 1. The fourth-order valence-electron chi connectivity index (χ4n) is 3.08. The maximum atomic E-state index is 13.3. The van der Waals surface area contributed by atoms with E-state index >= 15 is 0 Å². The van der Waals surface area contributed by atoms with Crippen molar-refractivity contribution >= 4 is 11.1 Å². The predicted octanol–water partition coefficient (Wildman–Crippen LogP) is 3.85. The molecule has 0 aliphatic heterocycles. The minimum atomic E-state index is -1.87. The third-order valence-corrected chi connectivity index (χ3v) is 4.94. The average Bonchev–Trinajstić information content (AvgIpc) is 2.93. The molecule has 1 aromatic heterocycles. The molecule has 2 aromatic carbocycles. The molecule has 1 atom stereocenters. The smallest absolute Gasteiger partial charge is 0.157 e. The highest BCUT2D eigenvalue weighted by atomic mass is 32.2. The van der Waals surface area contributed by atoms with Gasteiger partial charge in [-0.25, -0.2) is 8.60 Å². The van der Waals surface area contributed by atoms with Crippen LogP contribution in [0.5, 0.6) is 0 Å². The summed E-state index contributed by atoms with van der Waals surface area (Å²) < 4.78 is 35.3. The quantitative estimate of drug-likeness (QED) is 0.645. The Morgan fingerprint density at radius 2 is 1.73 bits per heavy atom. The monoisotopic (exact) mass is 373 g/mol. The minimum Gasteiger partial charge on any atom is -0.396 e. The Bertz CT molecular complexity index is 917. The lowest BCUT2D eigenvalue weighted by molar-refractivity contribution is 0.299. The lowest BCUT2D eigenvalue weighted by atomic mass is 10.1. The average molecular weight is 373 g/mol. The molecule has 1 heterocycles. The molecule has 0 aliphatic carbocycles. The van der Waals surface area contributed by atoms with Crippen LogP contribution in [0.1, 0.15) is 16.8 Å². The van der Waals surface area contributed by atoms with E-state index in [0.29, 0.717) is 6.42 Å². The third kappa shape index (κ3) is 3.93. The van der Waals surface area contributed by atoms with Gasteiger partial charge in [0.05, 0.1) is 11.4 Å². The van der Waals surface area contributed by atoms with Gasteiger partial charge in [0.1, 0.15) is 5.82 Å². The number of nitrogens with zero attached hydrogens (tertiary/aromatic N) is 1. The maximum absolute atomic E-state index is 13.3. The summed E-state index contributed by atoms with van der Waals surface area (Å²) in [5, 5.41) is 9.33. The second kappa shape index (κ2) is 7.95. The Hall–Kier alpha value is -2.28. The van der Waals surface area contributed by atoms with Crippen LogP contribution in [-0.2, 0) is 23.3 Å². The van der Waals surface area contributed by atoms with Gasteiger partial charge in [-0.15, -0.1) is 0 Å². The molecule has 2 N–H and O–H groups in total. The summed E-state index contributed by atoms with van der Waals surface area (Å²) in [6, 6.07) is 15.8. The summed E-state index contributed by atoms with van der Waals surface area (Å²) in [4.78, 5) is 0. The van der Waals surface area contributed by atoms with Crippen LogP contribution >= 0.6 is 0 Å². The van der Waals surface area contributed by atoms with Crippen molar-refractivity contribution in [2.75, 3.05) is 6.61 Å². The van der Waals surface area contributed by atoms with Crippen molar-refractivity contribution in [2.24, 2.45) is 0 Å². The van der Waals surface area contributed by atoms with Crippen LogP contribution in [0.3, 0.4) is 0 Å². The van der Waals surface area contributed by atoms with Gasteiger partial charge in [-0.2, -0.15) is 0 Å². The molecule has 0 saturated carbocycles. The van der Waals surface area contributed by atoms with Crippen LogP contribution in [0.4, 0.5) is 4.39 Å². The van der Waals surface area contributed by atoms with E-state index in [1.807, 2.05) is 41.8 Å². The van der Waals surface area contributed by atoms with Crippen LogP contribution in [0, 0.1) is 12.7 Å². The topological polar surface area (TPSA) is 62.5 Å². The van der Waals surface area contributed by atoms with Crippen LogP contribution < -0.4 is 0 Å².